The van der Waals surface area contributed by atoms with Crippen molar-refractivity contribution < 1.29 is 14.1 Å². The molecule has 2 aliphatic rings. The molecule has 1 aromatic rings. The van der Waals surface area contributed by atoms with Gasteiger partial charge < -0.3 is 14.2 Å². The lowest BCUT2D eigenvalue weighted by Gasteiger charge is -2.26. The molecule has 1 atom stereocenters. The fraction of sp³-hybridized carbons (Fsp3) is 0.714. The van der Waals surface area contributed by atoms with E-state index in [9.17, 15) is 4.79 Å². The molecule has 3 heterocycles. The van der Waals surface area contributed by atoms with Crippen LogP contribution < -0.4 is 0 Å². The molecule has 5 nitrogen and oxygen atoms in total. The summed E-state index contributed by atoms with van der Waals surface area (Å²) in [4.78, 5) is 14.0. The van der Waals surface area contributed by atoms with Crippen molar-refractivity contribution in [3.63, 3.8) is 0 Å². The van der Waals surface area contributed by atoms with E-state index in [1.165, 1.54) is 0 Å². The number of likely N-dealkylation sites (tertiary alicyclic amines) is 1. The van der Waals surface area contributed by atoms with E-state index in [0.29, 0.717) is 13.0 Å². The van der Waals surface area contributed by atoms with E-state index < -0.39 is 0 Å². The maximum Gasteiger partial charge on any atom is 0.223 e. The summed E-state index contributed by atoms with van der Waals surface area (Å²) in [7, 11) is 0. The first kappa shape index (κ1) is 12.7. The summed E-state index contributed by atoms with van der Waals surface area (Å²) in [6.07, 6.45) is 4.59. The van der Waals surface area contributed by atoms with Gasteiger partial charge in [-0.3, -0.25) is 4.79 Å². The Morgan fingerprint density at radius 1 is 1.42 bits per heavy atom. The predicted octanol–water partition coefficient (Wildman–Crippen LogP) is 2.04. The van der Waals surface area contributed by atoms with Crippen molar-refractivity contribution >= 4 is 5.91 Å². The number of hydrogen-bond donors (Lipinski definition) is 0. The van der Waals surface area contributed by atoms with Gasteiger partial charge in [0.1, 0.15) is 0 Å². The summed E-state index contributed by atoms with van der Waals surface area (Å²) in [5.74, 6) is 0.954. The molecule has 1 spiro atoms. The topological polar surface area (TPSA) is 55.6 Å². The van der Waals surface area contributed by atoms with Gasteiger partial charge in [-0.25, -0.2) is 0 Å². The van der Waals surface area contributed by atoms with Crippen molar-refractivity contribution in [2.75, 3.05) is 13.2 Å². The molecule has 0 aromatic carbocycles. The van der Waals surface area contributed by atoms with Crippen molar-refractivity contribution in [1.29, 1.82) is 0 Å². The number of aromatic nitrogens is 1. The van der Waals surface area contributed by atoms with Crippen LogP contribution in [0.25, 0.3) is 0 Å². The second kappa shape index (κ2) is 4.96. The van der Waals surface area contributed by atoms with Crippen LogP contribution in [0.2, 0.25) is 0 Å². The van der Waals surface area contributed by atoms with Crippen molar-refractivity contribution in [2.45, 2.75) is 51.2 Å². The Morgan fingerprint density at radius 3 is 3.00 bits per heavy atom. The molecule has 1 aromatic heterocycles. The molecule has 2 saturated heterocycles. The number of rotatable bonds is 2. The fourth-order valence-corrected chi connectivity index (χ4v) is 3.08. The molecule has 0 N–H and O–H groups in total. The number of amides is 1. The van der Waals surface area contributed by atoms with Crippen LogP contribution >= 0.6 is 0 Å². The Bertz CT molecular complexity index is 463. The van der Waals surface area contributed by atoms with Crippen molar-refractivity contribution in [1.82, 2.24) is 10.1 Å². The molecule has 0 bridgehead atoms. The summed E-state index contributed by atoms with van der Waals surface area (Å²) in [6.45, 7) is 4.00. The molecular weight excluding hydrogens is 244 g/mol. The fourth-order valence-electron chi connectivity index (χ4n) is 3.08. The van der Waals surface area contributed by atoms with Gasteiger partial charge in [-0.15, -0.1) is 0 Å². The quantitative estimate of drug-likeness (QED) is 0.820. The third-order valence-corrected chi connectivity index (χ3v) is 4.19. The second-order valence-corrected chi connectivity index (χ2v) is 5.63. The minimum absolute atomic E-state index is 0.0399. The van der Waals surface area contributed by atoms with Gasteiger partial charge in [-0.1, -0.05) is 5.16 Å². The number of hydrogen-bond acceptors (Lipinski definition) is 4. The summed E-state index contributed by atoms with van der Waals surface area (Å²) >= 11 is 0. The summed E-state index contributed by atoms with van der Waals surface area (Å²) < 4.78 is 11.1. The van der Waals surface area contributed by atoms with Gasteiger partial charge >= 0.3 is 0 Å². The second-order valence-electron chi connectivity index (χ2n) is 5.63. The zero-order chi connectivity index (χ0) is 13.3. The lowest BCUT2D eigenvalue weighted by Crippen LogP contribution is -2.31. The highest BCUT2D eigenvalue weighted by Crippen LogP contribution is 2.36. The molecule has 2 fully saturated rings. The Hall–Kier alpha value is -1.36. The van der Waals surface area contributed by atoms with Crippen LogP contribution in [0.5, 0.6) is 0 Å². The summed E-state index contributed by atoms with van der Waals surface area (Å²) in [5.41, 5.74) is 0.815. The van der Waals surface area contributed by atoms with Crippen molar-refractivity contribution in [2.24, 2.45) is 0 Å². The molecule has 3 rings (SSSR count). The van der Waals surface area contributed by atoms with E-state index in [1.54, 1.807) is 0 Å². The first-order valence-corrected chi connectivity index (χ1v) is 7.01. The van der Waals surface area contributed by atoms with Crippen LogP contribution in [0.3, 0.4) is 0 Å². The number of ether oxygens (including phenoxy) is 1. The lowest BCUT2D eigenvalue weighted by atomic mass is 9.92. The number of carbonyl (C=O) groups is 1. The molecule has 5 heteroatoms. The van der Waals surface area contributed by atoms with Crippen LogP contribution in [0, 0.1) is 6.92 Å². The number of aryl methyl sites for hydroxylation is 1. The Balaban J connectivity index is 1.67. The van der Waals surface area contributed by atoms with Crippen LogP contribution in [-0.4, -0.2) is 34.7 Å². The Labute approximate surface area is 112 Å². The highest BCUT2D eigenvalue weighted by molar-refractivity contribution is 5.76. The van der Waals surface area contributed by atoms with E-state index in [1.807, 2.05) is 17.9 Å². The van der Waals surface area contributed by atoms with Gasteiger partial charge in [0, 0.05) is 25.6 Å². The van der Waals surface area contributed by atoms with E-state index in [0.717, 1.165) is 50.3 Å². The number of carbonyl (C=O) groups excluding carboxylic acids is 1. The van der Waals surface area contributed by atoms with Gasteiger partial charge in [0.2, 0.25) is 5.91 Å². The average Bonchev–Trinajstić information content (AvgIpc) is 2.98. The average molecular weight is 264 g/mol. The van der Waals surface area contributed by atoms with Gasteiger partial charge in [-0.2, -0.15) is 0 Å². The van der Waals surface area contributed by atoms with Crippen LogP contribution in [0.1, 0.15) is 43.6 Å². The summed E-state index contributed by atoms with van der Waals surface area (Å²) in [5, 5.41) is 3.86. The first-order chi connectivity index (χ1) is 9.17. The van der Waals surface area contributed by atoms with Crippen LogP contribution in [0.15, 0.2) is 10.6 Å². The molecule has 1 amide bonds. The zero-order valence-electron chi connectivity index (χ0n) is 11.4. The predicted molar refractivity (Wildman–Crippen MR) is 68.4 cm³/mol. The monoisotopic (exact) mass is 264 g/mol. The third kappa shape index (κ3) is 2.66. The van der Waals surface area contributed by atoms with E-state index in [-0.39, 0.29) is 11.5 Å². The molecule has 0 radical (unpaired) electrons. The molecule has 19 heavy (non-hydrogen) atoms. The molecule has 2 aliphatic heterocycles. The van der Waals surface area contributed by atoms with Crippen molar-refractivity contribution in [3.05, 3.63) is 17.5 Å². The number of nitrogens with zero attached hydrogens (tertiary/aromatic N) is 2. The van der Waals surface area contributed by atoms with Gasteiger partial charge in [0.15, 0.2) is 5.76 Å². The molecule has 0 unspecified atom stereocenters. The van der Waals surface area contributed by atoms with E-state index in [2.05, 4.69) is 5.16 Å². The minimum Gasteiger partial charge on any atom is -0.375 e. The molecule has 0 aliphatic carbocycles. The van der Waals surface area contributed by atoms with E-state index in [4.69, 9.17) is 9.26 Å². The molecular formula is C14H20N2O3. The van der Waals surface area contributed by atoms with Gasteiger partial charge in [0.25, 0.3) is 0 Å². The minimum atomic E-state index is -0.0399. The highest BCUT2D eigenvalue weighted by atomic mass is 16.5. The van der Waals surface area contributed by atoms with Crippen LogP contribution in [-0.2, 0) is 16.1 Å². The maximum absolute atomic E-state index is 12.2. The van der Waals surface area contributed by atoms with Crippen LogP contribution in [0.4, 0.5) is 0 Å². The lowest BCUT2D eigenvalue weighted by molar-refractivity contribution is -0.131. The zero-order valence-corrected chi connectivity index (χ0v) is 11.4. The molecule has 104 valence electrons. The largest absolute Gasteiger partial charge is 0.375 e. The highest BCUT2D eigenvalue weighted by Gasteiger charge is 2.38. The Morgan fingerprint density at radius 2 is 2.32 bits per heavy atom. The Kier molecular flexibility index (Phi) is 3.31. The normalized spacial score (nSPS) is 28.1. The smallest absolute Gasteiger partial charge is 0.223 e. The molecule has 0 saturated carbocycles. The van der Waals surface area contributed by atoms with E-state index >= 15 is 0 Å². The third-order valence-electron chi connectivity index (χ3n) is 4.19. The summed E-state index contributed by atoms with van der Waals surface area (Å²) in [6, 6.07) is 1.89. The first-order valence-electron chi connectivity index (χ1n) is 7.01. The van der Waals surface area contributed by atoms with Gasteiger partial charge in [0.05, 0.1) is 17.8 Å². The maximum atomic E-state index is 12.2. The SMILES string of the molecule is Cc1cc(CN2CC[C@@]3(CCCO3)CCC2=O)on1. The van der Waals surface area contributed by atoms with Crippen molar-refractivity contribution in [3.8, 4) is 0 Å². The standard InChI is InChI=1S/C14H20N2O3/c1-11-9-12(19-15-11)10-16-7-6-14(4-2-8-18-14)5-3-13(16)17/h9H,2-8,10H2,1H3/t14-/m1/s1. The van der Waals surface area contributed by atoms with Gasteiger partial charge in [-0.05, 0) is 32.6 Å².